The molecule has 0 bridgehead atoms. The molecular formula is C7H2ClF4NO. The summed E-state index contributed by atoms with van der Waals surface area (Å²) in [6, 6.07) is 0. The van der Waals surface area contributed by atoms with Crippen LogP contribution in [0.3, 0.4) is 0 Å². The Morgan fingerprint density at radius 2 is 2.00 bits per heavy atom. The van der Waals surface area contributed by atoms with Crippen LogP contribution in [0, 0.1) is 11.8 Å². The zero-order valence-corrected chi connectivity index (χ0v) is 7.16. The number of nitrogens with zero attached hydrogens (tertiary/aromatic N) is 1. The minimum Gasteiger partial charge on any atom is -0.275 e. The molecule has 0 unspecified atom stereocenters. The second kappa shape index (κ2) is 3.91. The van der Waals surface area contributed by atoms with Gasteiger partial charge in [0.25, 0.3) is 11.7 Å². The Morgan fingerprint density at radius 3 is 2.36 bits per heavy atom. The summed E-state index contributed by atoms with van der Waals surface area (Å²) >= 11 is 4.81. The van der Waals surface area contributed by atoms with E-state index in [1.165, 1.54) is 0 Å². The second-order valence-corrected chi connectivity index (χ2v) is 2.60. The molecule has 0 aliphatic carbocycles. The molecule has 0 N–H and O–H groups in total. The number of carbonyl (C=O) groups excluding carboxylic acids is 1. The number of halogens is 5. The fourth-order valence-corrected chi connectivity index (χ4v) is 1.06. The summed E-state index contributed by atoms with van der Waals surface area (Å²) in [5, 5.41) is -1.51. The third kappa shape index (κ3) is 1.84. The predicted octanol–water partition coefficient (Wildman–Crippen LogP) is 2.68. The predicted molar refractivity (Wildman–Crippen MR) is 39.3 cm³/mol. The van der Waals surface area contributed by atoms with Gasteiger partial charge in [0.05, 0.1) is 11.8 Å². The van der Waals surface area contributed by atoms with Gasteiger partial charge in [-0.15, -0.1) is 0 Å². The van der Waals surface area contributed by atoms with Crippen molar-refractivity contribution < 1.29 is 22.4 Å². The van der Waals surface area contributed by atoms with Gasteiger partial charge in [-0.05, 0) is 11.6 Å². The third-order valence-corrected chi connectivity index (χ3v) is 1.63. The largest absolute Gasteiger partial charge is 0.275 e. The van der Waals surface area contributed by atoms with Crippen LogP contribution in [-0.2, 0) is 0 Å². The molecule has 1 heterocycles. The lowest BCUT2D eigenvalue weighted by Gasteiger charge is -2.05. The maximum atomic E-state index is 12.7. The summed E-state index contributed by atoms with van der Waals surface area (Å²) in [6.45, 7) is 0. The van der Waals surface area contributed by atoms with Gasteiger partial charge >= 0.3 is 0 Å². The molecule has 1 aromatic heterocycles. The fourth-order valence-electron chi connectivity index (χ4n) is 0.878. The van der Waals surface area contributed by atoms with Gasteiger partial charge in [-0.2, -0.15) is 4.39 Å². The Labute approximate surface area is 80.5 Å². The summed E-state index contributed by atoms with van der Waals surface area (Å²) < 4.78 is 49.8. The monoisotopic (exact) mass is 227 g/mol. The molecule has 2 nitrogen and oxygen atoms in total. The van der Waals surface area contributed by atoms with Crippen LogP contribution in [-0.4, -0.2) is 10.2 Å². The summed E-state index contributed by atoms with van der Waals surface area (Å²) in [7, 11) is 0. The van der Waals surface area contributed by atoms with E-state index < -0.39 is 34.6 Å². The molecule has 0 saturated heterocycles. The Bertz CT molecular complexity index is 382. The van der Waals surface area contributed by atoms with Crippen LogP contribution in [0.15, 0.2) is 6.20 Å². The molecule has 0 aliphatic heterocycles. The smallest absolute Gasteiger partial charge is 0.267 e. The average molecular weight is 228 g/mol. The van der Waals surface area contributed by atoms with Crippen molar-refractivity contribution in [1.29, 1.82) is 0 Å². The summed E-state index contributed by atoms with van der Waals surface area (Å²) in [5.74, 6) is -2.98. The average Bonchev–Trinajstić information content (AvgIpc) is 2.07. The van der Waals surface area contributed by atoms with Gasteiger partial charge in [0.2, 0.25) is 5.95 Å². The van der Waals surface area contributed by atoms with Gasteiger partial charge in [-0.3, -0.25) is 4.79 Å². The van der Waals surface area contributed by atoms with Gasteiger partial charge in [0.15, 0.2) is 5.82 Å². The molecule has 14 heavy (non-hydrogen) atoms. The van der Waals surface area contributed by atoms with Crippen molar-refractivity contribution in [2.45, 2.75) is 6.43 Å². The first-order chi connectivity index (χ1) is 6.45. The van der Waals surface area contributed by atoms with Gasteiger partial charge in [0.1, 0.15) is 5.56 Å². The van der Waals surface area contributed by atoms with Crippen LogP contribution < -0.4 is 0 Å². The molecule has 0 radical (unpaired) electrons. The van der Waals surface area contributed by atoms with Crippen LogP contribution in [0.25, 0.3) is 0 Å². The molecule has 76 valence electrons. The standard InChI is InChI=1S/C7H2ClF4NO/c8-5(14)4-3(6(10)11)2(9)1-13-7(4)12/h1,6H. The zero-order chi connectivity index (χ0) is 10.9. The Hall–Kier alpha value is -1.17. The molecule has 0 saturated carbocycles. The first-order valence-electron chi connectivity index (χ1n) is 3.27. The number of pyridine rings is 1. The summed E-state index contributed by atoms with van der Waals surface area (Å²) in [4.78, 5) is 13.3. The number of rotatable bonds is 2. The lowest BCUT2D eigenvalue weighted by Crippen LogP contribution is -2.07. The summed E-state index contributed by atoms with van der Waals surface area (Å²) in [6.07, 6.45) is -3.06. The van der Waals surface area contributed by atoms with Gasteiger partial charge < -0.3 is 0 Å². The highest BCUT2D eigenvalue weighted by atomic mass is 35.5. The van der Waals surface area contributed by atoms with E-state index >= 15 is 0 Å². The van der Waals surface area contributed by atoms with E-state index in [1.807, 2.05) is 0 Å². The molecule has 0 fully saturated rings. The van der Waals surface area contributed by atoms with Crippen LogP contribution in [0.2, 0.25) is 0 Å². The number of carbonyl (C=O) groups is 1. The lowest BCUT2D eigenvalue weighted by molar-refractivity contribution is 0.105. The molecule has 0 atom stereocenters. The Morgan fingerprint density at radius 1 is 1.43 bits per heavy atom. The van der Waals surface area contributed by atoms with Crippen LogP contribution in [0.4, 0.5) is 17.6 Å². The maximum Gasteiger partial charge on any atom is 0.267 e. The number of alkyl halides is 2. The van der Waals surface area contributed by atoms with Crippen molar-refractivity contribution in [3.05, 3.63) is 29.1 Å². The van der Waals surface area contributed by atoms with Crippen molar-refractivity contribution in [2.75, 3.05) is 0 Å². The van der Waals surface area contributed by atoms with E-state index in [9.17, 15) is 22.4 Å². The van der Waals surface area contributed by atoms with Crippen molar-refractivity contribution in [3.8, 4) is 0 Å². The van der Waals surface area contributed by atoms with Crippen molar-refractivity contribution in [2.24, 2.45) is 0 Å². The molecule has 7 heteroatoms. The highest BCUT2D eigenvalue weighted by Gasteiger charge is 2.26. The second-order valence-electron chi connectivity index (χ2n) is 2.26. The fraction of sp³-hybridized carbons (Fsp3) is 0.143. The Kier molecular flexibility index (Phi) is 3.05. The van der Waals surface area contributed by atoms with Crippen LogP contribution in [0.1, 0.15) is 22.3 Å². The SMILES string of the molecule is O=C(Cl)c1c(F)ncc(F)c1C(F)F. The molecule has 1 aromatic rings. The molecule has 0 aliphatic rings. The quantitative estimate of drug-likeness (QED) is 0.442. The van der Waals surface area contributed by atoms with E-state index in [4.69, 9.17) is 11.6 Å². The maximum absolute atomic E-state index is 12.7. The van der Waals surface area contributed by atoms with Gasteiger partial charge in [0, 0.05) is 0 Å². The molecule has 1 rings (SSSR count). The minimum atomic E-state index is -3.33. The van der Waals surface area contributed by atoms with E-state index in [0.717, 1.165) is 0 Å². The Balaban J connectivity index is 3.50. The zero-order valence-electron chi connectivity index (χ0n) is 6.40. The normalized spacial score (nSPS) is 10.7. The number of hydrogen-bond acceptors (Lipinski definition) is 2. The minimum absolute atomic E-state index is 0.264. The first kappa shape index (κ1) is 10.9. The summed E-state index contributed by atoms with van der Waals surface area (Å²) in [5.41, 5.74) is -2.58. The van der Waals surface area contributed by atoms with Crippen LogP contribution in [0.5, 0.6) is 0 Å². The molecule has 0 aromatic carbocycles. The van der Waals surface area contributed by atoms with Crippen molar-refractivity contribution >= 4 is 16.8 Å². The van der Waals surface area contributed by atoms with E-state index in [1.54, 1.807) is 0 Å². The first-order valence-corrected chi connectivity index (χ1v) is 3.64. The lowest BCUT2D eigenvalue weighted by atomic mass is 10.1. The van der Waals surface area contributed by atoms with E-state index in [-0.39, 0.29) is 6.20 Å². The van der Waals surface area contributed by atoms with Gasteiger partial charge in [-0.25, -0.2) is 18.2 Å². The highest BCUT2D eigenvalue weighted by Crippen LogP contribution is 2.27. The van der Waals surface area contributed by atoms with Crippen molar-refractivity contribution in [1.82, 2.24) is 4.98 Å². The topological polar surface area (TPSA) is 30.0 Å². The van der Waals surface area contributed by atoms with Gasteiger partial charge in [-0.1, -0.05) is 0 Å². The van der Waals surface area contributed by atoms with E-state index in [0.29, 0.717) is 0 Å². The third-order valence-electron chi connectivity index (χ3n) is 1.44. The molecule has 0 amide bonds. The number of hydrogen-bond donors (Lipinski definition) is 0. The molecule has 0 spiro atoms. The number of aromatic nitrogens is 1. The molecular weight excluding hydrogens is 226 g/mol. The van der Waals surface area contributed by atoms with E-state index in [2.05, 4.69) is 4.98 Å². The highest BCUT2D eigenvalue weighted by molar-refractivity contribution is 6.67. The van der Waals surface area contributed by atoms with Crippen molar-refractivity contribution in [3.63, 3.8) is 0 Å². The van der Waals surface area contributed by atoms with Crippen LogP contribution >= 0.6 is 11.6 Å².